The van der Waals surface area contributed by atoms with Gasteiger partial charge in [-0.05, 0) is 73.6 Å². The molecule has 166 valence electrons. The minimum atomic E-state index is -0.307. The number of carbonyl (C=O) groups excluding carboxylic acids is 2. The molecule has 1 N–H and O–H groups in total. The molecular weight excluding hydrogens is 458 g/mol. The molecule has 0 radical (unpaired) electrons. The summed E-state index contributed by atoms with van der Waals surface area (Å²) in [5.41, 5.74) is 2.01. The fourth-order valence-electron chi connectivity index (χ4n) is 3.65. The number of nitrogens with one attached hydrogen (secondary N) is 1. The number of carbonyl (C=O) groups is 2. The van der Waals surface area contributed by atoms with Crippen molar-refractivity contribution in [2.24, 2.45) is 0 Å². The van der Waals surface area contributed by atoms with Crippen molar-refractivity contribution in [3.63, 3.8) is 0 Å². The first-order chi connectivity index (χ1) is 14.7. The maximum atomic E-state index is 12.4. The van der Waals surface area contributed by atoms with Crippen LogP contribution in [-0.4, -0.2) is 24.6 Å². The van der Waals surface area contributed by atoms with Gasteiger partial charge in [0.25, 0.3) is 5.91 Å². The van der Waals surface area contributed by atoms with Gasteiger partial charge in [0.1, 0.15) is 11.9 Å². The second kappa shape index (κ2) is 10.3. The lowest BCUT2D eigenvalue weighted by Gasteiger charge is -2.23. The van der Waals surface area contributed by atoms with Crippen molar-refractivity contribution in [2.45, 2.75) is 64.4 Å². The van der Waals surface area contributed by atoms with Crippen molar-refractivity contribution in [1.29, 1.82) is 0 Å². The first-order valence-corrected chi connectivity index (χ1v) is 11.6. The summed E-state index contributed by atoms with van der Waals surface area (Å²) in [7, 11) is 0. The molecule has 1 aliphatic rings. The molecule has 0 unspecified atom stereocenters. The topological polar surface area (TPSA) is 64.6 Å². The molecule has 0 bridgehead atoms. The van der Waals surface area contributed by atoms with E-state index in [1.165, 1.54) is 6.42 Å². The Hall–Kier alpha value is -2.34. The molecule has 3 rings (SSSR count). The summed E-state index contributed by atoms with van der Waals surface area (Å²) in [4.78, 5) is 24.7. The molecule has 0 atom stereocenters. The Kier molecular flexibility index (Phi) is 7.76. The molecule has 2 aromatic rings. The Morgan fingerprint density at radius 3 is 2.35 bits per heavy atom. The number of ether oxygens (including phenoxy) is 2. The zero-order valence-corrected chi connectivity index (χ0v) is 20.0. The fourth-order valence-corrected chi connectivity index (χ4v) is 4.01. The van der Waals surface area contributed by atoms with E-state index in [1.807, 2.05) is 18.2 Å². The van der Waals surface area contributed by atoms with E-state index in [0.717, 1.165) is 35.7 Å². The molecule has 0 aromatic heterocycles. The van der Waals surface area contributed by atoms with Gasteiger partial charge in [0.15, 0.2) is 6.61 Å². The van der Waals surface area contributed by atoms with Crippen molar-refractivity contribution in [2.75, 3.05) is 11.9 Å². The molecule has 5 nitrogen and oxygen atoms in total. The molecule has 0 spiro atoms. The third-order valence-corrected chi connectivity index (χ3v) is 5.83. The Morgan fingerprint density at radius 1 is 1.03 bits per heavy atom. The molecular formula is C25H30BrNO4. The van der Waals surface area contributed by atoms with Crippen LogP contribution >= 0.6 is 15.9 Å². The molecule has 0 saturated heterocycles. The lowest BCUT2D eigenvalue weighted by atomic mass is 9.86. The van der Waals surface area contributed by atoms with Crippen LogP contribution in [0.2, 0.25) is 0 Å². The van der Waals surface area contributed by atoms with Crippen molar-refractivity contribution in [3.05, 3.63) is 58.1 Å². The summed E-state index contributed by atoms with van der Waals surface area (Å²) in [6.45, 7) is 6.20. The maximum Gasteiger partial charge on any atom is 0.338 e. The largest absolute Gasteiger partial charge is 0.483 e. The maximum absolute atomic E-state index is 12.4. The van der Waals surface area contributed by atoms with Crippen LogP contribution in [0.25, 0.3) is 0 Å². The molecule has 0 heterocycles. The van der Waals surface area contributed by atoms with Crippen molar-refractivity contribution >= 4 is 33.5 Å². The van der Waals surface area contributed by atoms with E-state index in [4.69, 9.17) is 9.47 Å². The van der Waals surface area contributed by atoms with Crippen molar-refractivity contribution < 1.29 is 19.1 Å². The summed E-state index contributed by atoms with van der Waals surface area (Å²) in [6, 6.07) is 12.5. The SMILES string of the molecule is CC(C)(C)c1cc(Br)ccc1OCC(=O)Nc1ccc(C(=O)OC2CCCCC2)cc1. The lowest BCUT2D eigenvalue weighted by Crippen LogP contribution is -2.22. The number of hydrogen-bond acceptors (Lipinski definition) is 4. The highest BCUT2D eigenvalue weighted by molar-refractivity contribution is 9.10. The number of hydrogen-bond donors (Lipinski definition) is 1. The van der Waals surface area contributed by atoms with Crippen LogP contribution in [0.3, 0.4) is 0 Å². The van der Waals surface area contributed by atoms with Gasteiger partial charge in [0, 0.05) is 15.7 Å². The standard InChI is InChI=1S/C25H30BrNO4/c1-25(2,3)21-15-18(26)11-14-22(21)30-16-23(28)27-19-12-9-17(10-13-19)24(29)31-20-7-5-4-6-8-20/h9-15,20H,4-8,16H2,1-3H3,(H,27,28). The average Bonchev–Trinajstić information content (AvgIpc) is 2.73. The minimum absolute atomic E-state index is 0.0226. The van der Waals surface area contributed by atoms with Gasteiger partial charge in [-0.15, -0.1) is 0 Å². The number of amides is 1. The zero-order chi connectivity index (χ0) is 22.4. The van der Waals surface area contributed by atoms with Crippen LogP contribution in [0.4, 0.5) is 5.69 Å². The first-order valence-electron chi connectivity index (χ1n) is 10.8. The Labute approximate surface area is 192 Å². The normalized spacial score (nSPS) is 14.7. The van der Waals surface area contributed by atoms with Crippen molar-refractivity contribution in [1.82, 2.24) is 0 Å². The monoisotopic (exact) mass is 487 g/mol. The van der Waals surface area contributed by atoms with Crippen LogP contribution in [0, 0.1) is 0 Å². The molecule has 31 heavy (non-hydrogen) atoms. The van der Waals surface area contributed by atoms with E-state index in [0.29, 0.717) is 17.0 Å². The Morgan fingerprint density at radius 2 is 1.71 bits per heavy atom. The predicted octanol–water partition coefficient (Wildman–Crippen LogP) is 6.25. The number of halogens is 1. The molecule has 1 saturated carbocycles. The third-order valence-electron chi connectivity index (χ3n) is 5.34. The van der Waals surface area contributed by atoms with Gasteiger partial charge in [-0.3, -0.25) is 4.79 Å². The molecule has 1 amide bonds. The average molecular weight is 488 g/mol. The smallest absolute Gasteiger partial charge is 0.338 e. The number of rotatable bonds is 6. The predicted molar refractivity (Wildman–Crippen MR) is 126 cm³/mol. The number of anilines is 1. The molecule has 6 heteroatoms. The van der Waals surface area contributed by atoms with Crippen LogP contribution in [-0.2, 0) is 14.9 Å². The van der Waals surface area contributed by atoms with Gasteiger partial charge in [0.2, 0.25) is 0 Å². The second-order valence-electron chi connectivity index (χ2n) is 8.97. The van der Waals surface area contributed by atoms with E-state index in [-0.39, 0.29) is 30.0 Å². The van der Waals surface area contributed by atoms with E-state index in [1.54, 1.807) is 24.3 Å². The van der Waals surface area contributed by atoms with Gasteiger partial charge >= 0.3 is 5.97 Å². The first kappa shape index (κ1) is 23.3. The van der Waals surface area contributed by atoms with Crippen LogP contribution in [0.5, 0.6) is 5.75 Å². The highest BCUT2D eigenvalue weighted by Gasteiger charge is 2.21. The van der Waals surface area contributed by atoms with Gasteiger partial charge in [-0.1, -0.05) is 43.1 Å². The van der Waals surface area contributed by atoms with Crippen LogP contribution in [0.15, 0.2) is 46.9 Å². The molecule has 1 aliphatic carbocycles. The van der Waals surface area contributed by atoms with Gasteiger partial charge in [-0.25, -0.2) is 4.79 Å². The van der Waals surface area contributed by atoms with Gasteiger partial charge < -0.3 is 14.8 Å². The molecule has 0 aliphatic heterocycles. The highest BCUT2D eigenvalue weighted by atomic mass is 79.9. The van der Waals surface area contributed by atoms with E-state index < -0.39 is 0 Å². The van der Waals surface area contributed by atoms with Gasteiger partial charge in [-0.2, -0.15) is 0 Å². The van der Waals surface area contributed by atoms with Crippen LogP contribution in [0.1, 0.15) is 68.8 Å². The highest BCUT2D eigenvalue weighted by Crippen LogP contribution is 2.33. The second-order valence-corrected chi connectivity index (χ2v) is 9.89. The summed E-state index contributed by atoms with van der Waals surface area (Å²) in [5.74, 6) is 0.116. The Balaban J connectivity index is 1.54. The van der Waals surface area contributed by atoms with Gasteiger partial charge in [0.05, 0.1) is 5.56 Å². The fraction of sp³-hybridized carbons (Fsp3) is 0.440. The summed E-state index contributed by atoms with van der Waals surface area (Å²) < 4.78 is 12.3. The quantitative estimate of drug-likeness (QED) is 0.488. The zero-order valence-electron chi connectivity index (χ0n) is 18.4. The molecule has 2 aromatic carbocycles. The summed E-state index contributed by atoms with van der Waals surface area (Å²) >= 11 is 3.49. The summed E-state index contributed by atoms with van der Waals surface area (Å²) in [6.07, 6.45) is 5.34. The number of benzene rings is 2. The lowest BCUT2D eigenvalue weighted by molar-refractivity contribution is -0.118. The Bertz CT molecular complexity index is 912. The summed E-state index contributed by atoms with van der Waals surface area (Å²) in [5, 5.41) is 2.80. The third kappa shape index (κ3) is 6.82. The van der Waals surface area contributed by atoms with E-state index in [2.05, 4.69) is 42.0 Å². The molecule has 1 fully saturated rings. The minimum Gasteiger partial charge on any atom is -0.483 e. The van der Waals surface area contributed by atoms with Crippen LogP contribution < -0.4 is 10.1 Å². The van der Waals surface area contributed by atoms with Crippen molar-refractivity contribution in [3.8, 4) is 5.75 Å². The number of esters is 1. The van der Waals surface area contributed by atoms with E-state index in [9.17, 15) is 9.59 Å². The van der Waals surface area contributed by atoms with E-state index >= 15 is 0 Å².